The van der Waals surface area contributed by atoms with Crippen molar-refractivity contribution in [2.45, 2.75) is 25.3 Å². The number of rotatable bonds is 4. The van der Waals surface area contributed by atoms with Crippen molar-refractivity contribution in [2.24, 2.45) is 9.98 Å². The fraction of sp³-hybridized carbons (Fsp3) is 0.222. The van der Waals surface area contributed by atoms with Crippen molar-refractivity contribution in [1.29, 1.82) is 0 Å². The maximum atomic E-state index is 4.80. The minimum atomic E-state index is 0.335. The average Bonchev–Trinajstić information content (AvgIpc) is 2.55. The number of halogens is 1. The molecule has 0 aromatic heterocycles. The molecule has 1 aliphatic rings. The second-order valence-corrected chi connectivity index (χ2v) is 6.10. The third-order valence-electron chi connectivity index (χ3n) is 3.61. The van der Waals surface area contributed by atoms with E-state index in [-0.39, 0.29) is 0 Å². The molecule has 1 atom stereocenters. The first-order valence-electron chi connectivity index (χ1n) is 7.21. The van der Waals surface area contributed by atoms with E-state index in [2.05, 4.69) is 63.4 Å². The highest BCUT2D eigenvalue weighted by Crippen LogP contribution is 2.17. The van der Waals surface area contributed by atoms with Gasteiger partial charge in [0.05, 0.1) is 6.04 Å². The highest BCUT2D eigenvalue weighted by atomic mass is 79.9. The molecule has 0 N–H and O–H groups in total. The lowest BCUT2D eigenvalue weighted by atomic mass is 10.0. The van der Waals surface area contributed by atoms with Gasteiger partial charge in [-0.1, -0.05) is 58.4 Å². The van der Waals surface area contributed by atoms with Gasteiger partial charge in [-0.2, -0.15) is 0 Å². The standard InChI is InChI=1S/C18H17BrN2/c19-16-9-7-15(8-10-16)18-20-13-12-17(21-18)11-6-14-4-2-1-3-5-14/h1-5,7-10,13,17H,6,11-12H2. The summed E-state index contributed by atoms with van der Waals surface area (Å²) >= 11 is 3.45. The Kier molecular flexibility index (Phi) is 4.61. The van der Waals surface area contributed by atoms with Crippen molar-refractivity contribution in [3.8, 4) is 0 Å². The maximum Gasteiger partial charge on any atom is 0.154 e. The monoisotopic (exact) mass is 340 g/mol. The minimum absolute atomic E-state index is 0.335. The highest BCUT2D eigenvalue weighted by molar-refractivity contribution is 9.10. The summed E-state index contributed by atoms with van der Waals surface area (Å²) in [6.07, 6.45) is 5.07. The van der Waals surface area contributed by atoms with Gasteiger partial charge in [0.2, 0.25) is 0 Å². The SMILES string of the molecule is Brc1ccc(C2=NC(CCc3ccccc3)CC=N2)cc1. The quantitative estimate of drug-likeness (QED) is 0.772. The molecule has 0 bridgehead atoms. The molecule has 0 radical (unpaired) electrons. The first-order valence-corrected chi connectivity index (χ1v) is 8.01. The number of hydrogen-bond acceptors (Lipinski definition) is 2. The van der Waals surface area contributed by atoms with Crippen LogP contribution in [-0.2, 0) is 6.42 Å². The number of amidine groups is 1. The predicted octanol–water partition coefficient (Wildman–Crippen LogP) is 4.67. The molecule has 21 heavy (non-hydrogen) atoms. The summed E-state index contributed by atoms with van der Waals surface area (Å²) in [4.78, 5) is 9.24. The summed E-state index contributed by atoms with van der Waals surface area (Å²) in [7, 11) is 0. The molecule has 0 aliphatic carbocycles. The number of nitrogens with zero attached hydrogens (tertiary/aromatic N) is 2. The van der Waals surface area contributed by atoms with Crippen LogP contribution in [0.15, 0.2) is 69.1 Å². The minimum Gasteiger partial charge on any atom is -0.262 e. The smallest absolute Gasteiger partial charge is 0.154 e. The van der Waals surface area contributed by atoms with Crippen LogP contribution >= 0.6 is 15.9 Å². The van der Waals surface area contributed by atoms with Crippen LogP contribution in [0.5, 0.6) is 0 Å². The molecule has 2 nitrogen and oxygen atoms in total. The summed E-state index contributed by atoms with van der Waals surface area (Å²) in [5.74, 6) is 0.854. The molecule has 106 valence electrons. The van der Waals surface area contributed by atoms with E-state index in [1.807, 2.05) is 18.3 Å². The number of aryl methyl sites for hydroxylation is 1. The van der Waals surface area contributed by atoms with Crippen molar-refractivity contribution in [3.63, 3.8) is 0 Å². The van der Waals surface area contributed by atoms with Gasteiger partial charge < -0.3 is 0 Å². The van der Waals surface area contributed by atoms with Crippen LogP contribution in [0.1, 0.15) is 24.0 Å². The first kappa shape index (κ1) is 14.2. The van der Waals surface area contributed by atoms with Crippen molar-refractivity contribution in [1.82, 2.24) is 0 Å². The lowest BCUT2D eigenvalue weighted by molar-refractivity contribution is 0.635. The van der Waals surface area contributed by atoms with Crippen LogP contribution in [0.4, 0.5) is 0 Å². The van der Waals surface area contributed by atoms with Gasteiger partial charge in [-0.25, -0.2) is 4.99 Å². The van der Waals surface area contributed by atoms with Crippen LogP contribution in [0, 0.1) is 0 Å². The highest BCUT2D eigenvalue weighted by Gasteiger charge is 2.13. The van der Waals surface area contributed by atoms with Crippen molar-refractivity contribution in [2.75, 3.05) is 0 Å². The molecule has 1 unspecified atom stereocenters. The van der Waals surface area contributed by atoms with E-state index in [9.17, 15) is 0 Å². The van der Waals surface area contributed by atoms with E-state index >= 15 is 0 Å². The largest absolute Gasteiger partial charge is 0.262 e. The van der Waals surface area contributed by atoms with Crippen LogP contribution in [0.2, 0.25) is 0 Å². The molecular weight excluding hydrogens is 324 g/mol. The van der Waals surface area contributed by atoms with E-state index < -0.39 is 0 Å². The van der Waals surface area contributed by atoms with Gasteiger partial charge in [0.25, 0.3) is 0 Å². The van der Waals surface area contributed by atoms with Crippen LogP contribution in [-0.4, -0.2) is 18.1 Å². The topological polar surface area (TPSA) is 24.7 Å². The van der Waals surface area contributed by atoms with Gasteiger partial charge in [-0.15, -0.1) is 0 Å². The second-order valence-electron chi connectivity index (χ2n) is 5.19. The molecule has 3 rings (SSSR count). The van der Waals surface area contributed by atoms with Gasteiger partial charge in [0.1, 0.15) is 0 Å². The van der Waals surface area contributed by atoms with Gasteiger partial charge in [-0.3, -0.25) is 4.99 Å². The Hall–Kier alpha value is -1.74. The summed E-state index contributed by atoms with van der Waals surface area (Å²) in [5, 5.41) is 0. The van der Waals surface area contributed by atoms with Gasteiger partial charge in [0.15, 0.2) is 5.84 Å². The molecule has 2 aromatic rings. The van der Waals surface area contributed by atoms with Gasteiger partial charge in [0, 0.05) is 22.7 Å². The molecule has 0 amide bonds. The Morgan fingerprint density at radius 2 is 1.76 bits per heavy atom. The fourth-order valence-corrected chi connectivity index (χ4v) is 2.69. The van der Waals surface area contributed by atoms with E-state index in [1.54, 1.807) is 0 Å². The van der Waals surface area contributed by atoms with Crippen molar-refractivity contribution < 1.29 is 0 Å². The summed E-state index contributed by atoms with van der Waals surface area (Å²) in [6.45, 7) is 0. The van der Waals surface area contributed by atoms with Crippen LogP contribution < -0.4 is 0 Å². The molecule has 0 saturated heterocycles. The average molecular weight is 341 g/mol. The molecule has 0 spiro atoms. The number of hydrogen-bond donors (Lipinski definition) is 0. The lowest BCUT2D eigenvalue weighted by Crippen LogP contribution is -2.15. The third kappa shape index (κ3) is 3.88. The molecule has 3 heteroatoms. The normalized spacial score (nSPS) is 17.6. The predicted molar refractivity (Wildman–Crippen MR) is 92.3 cm³/mol. The van der Waals surface area contributed by atoms with Crippen LogP contribution in [0.3, 0.4) is 0 Å². The Balaban J connectivity index is 1.67. The summed E-state index contributed by atoms with van der Waals surface area (Å²) in [6, 6.07) is 19.1. The maximum absolute atomic E-state index is 4.80. The van der Waals surface area contributed by atoms with Crippen molar-refractivity contribution in [3.05, 3.63) is 70.2 Å². The van der Waals surface area contributed by atoms with E-state index in [0.29, 0.717) is 6.04 Å². The Labute approximate surface area is 133 Å². The van der Waals surface area contributed by atoms with Crippen molar-refractivity contribution >= 4 is 28.0 Å². The molecule has 0 fully saturated rings. The number of benzene rings is 2. The lowest BCUT2D eigenvalue weighted by Gasteiger charge is -2.15. The van der Waals surface area contributed by atoms with E-state index in [1.165, 1.54) is 5.56 Å². The van der Waals surface area contributed by atoms with E-state index in [4.69, 9.17) is 4.99 Å². The molecule has 0 saturated carbocycles. The Bertz CT molecular complexity index is 645. The summed E-state index contributed by atoms with van der Waals surface area (Å²) < 4.78 is 1.08. The van der Waals surface area contributed by atoms with Gasteiger partial charge >= 0.3 is 0 Å². The van der Waals surface area contributed by atoms with E-state index in [0.717, 1.165) is 35.1 Å². The third-order valence-corrected chi connectivity index (χ3v) is 4.14. The number of aliphatic imine (C=N–C) groups is 2. The summed E-state index contributed by atoms with van der Waals surface area (Å²) in [5.41, 5.74) is 2.46. The zero-order valence-corrected chi connectivity index (χ0v) is 13.3. The second kappa shape index (κ2) is 6.81. The molecule has 1 aliphatic heterocycles. The zero-order chi connectivity index (χ0) is 14.5. The Morgan fingerprint density at radius 3 is 2.52 bits per heavy atom. The fourth-order valence-electron chi connectivity index (χ4n) is 2.43. The molecule has 1 heterocycles. The van der Waals surface area contributed by atoms with Gasteiger partial charge in [-0.05, 0) is 30.5 Å². The Morgan fingerprint density at radius 1 is 1.00 bits per heavy atom. The first-order chi connectivity index (χ1) is 10.3. The van der Waals surface area contributed by atoms with Crippen LogP contribution in [0.25, 0.3) is 0 Å². The zero-order valence-electron chi connectivity index (χ0n) is 11.7. The molecule has 2 aromatic carbocycles. The molecular formula is C18H17BrN2.